The van der Waals surface area contributed by atoms with E-state index in [9.17, 15) is 14.4 Å². The van der Waals surface area contributed by atoms with Gasteiger partial charge in [0.05, 0.1) is 0 Å². The van der Waals surface area contributed by atoms with Crippen molar-refractivity contribution in [2.75, 3.05) is 20.3 Å². The van der Waals surface area contributed by atoms with Gasteiger partial charge in [-0.15, -0.1) is 0 Å². The number of carboxylic acids is 1. The smallest absolute Gasteiger partial charge is 0.326 e. The largest absolute Gasteiger partial charge is 0.480 e. The van der Waals surface area contributed by atoms with E-state index < -0.39 is 18.0 Å². The Morgan fingerprint density at radius 2 is 2.30 bits per heavy atom. The molecule has 20 heavy (non-hydrogen) atoms. The molecule has 8 nitrogen and oxygen atoms in total. The van der Waals surface area contributed by atoms with Gasteiger partial charge in [0, 0.05) is 32.7 Å². The van der Waals surface area contributed by atoms with Crippen molar-refractivity contribution >= 4 is 17.9 Å². The molecule has 4 N–H and O–H groups in total. The van der Waals surface area contributed by atoms with Gasteiger partial charge >= 0.3 is 12.0 Å². The van der Waals surface area contributed by atoms with Crippen molar-refractivity contribution in [1.82, 2.24) is 16.0 Å². The first-order valence-corrected chi connectivity index (χ1v) is 6.58. The zero-order valence-electron chi connectivity index (χ0n) is 11.5. The summed E-state index contributed by atoms with van der Waals surface area (Å²) in [7, 11) is 1.53. The van der Waals surface area contributed by atoms with Gasteiger partial charge in [0.25, 0.3) is 0 Å². The fraction of sp³-hybridized carbons (Fsp3) is 0.750. The second-order valence-electron chi connectivity index (χ2n) is 4.68. The lowest BCUT2D eigenvalue weighted by atomic mass is 10.1. The fourth-order valence-electron chi connectivity index (χ4n) is 1.94. The molecule has 3 amide bonds. The van der Waals surface area contributed by atoms with E-state index in [1.54, 1.807) is 0 Å². The van der Waals surface area contributed by atoms with Crippen LogP contribution in [-0.2, 0) is 14.3 Å². The molecule has 1 saturated heterocycles. The lowest BCUT2D eigenvalue weighted by molar-refractivity contribution is -0.139. The third kappa shape index (κ3) is 5.87. The van der Waals surface area contributed by atoms with Crippen LogP contribution in [0.3, 0.4) is 0 Å². The van der Waals surface area contributed by atoms with Crippen molar-refractivity contribution in [3.63, 3.8) is 0 Å². The fourth-order valence-corrected chi connectivity index (χ4v) is 1.94. The number of ether oxygens (including phenoxy) is 1. The molecule has 1 fully saturated rings. The second-order valence-corrected chi connectivity index (χ2v) is 4.68. The summed E-state index contributed by atoms with van der Waals surface area (Å²) in [6.07, 6.45) is 1.99. The monoisotopic (exact) mass is 287 g/mol. The van der Waals surface area contributed by atoms with Crippen LogP contribution < -0.4 is 16.0 Å². The van der Waals surface area contributed by atoms with E-state index in [4.69, 9.17) is 9.84 Å². The van der Waals surface area contributed by atoms with Gasteiger partial charge in [0.2, 0.25) is 5.91 Å². The Bertz CT molecular complexity index is 361. The topological polar surface area (TPSA) is 117 Å². The molecule has 0 aromatic heterocycles. The highest BCUT2D eigenvalue weighted by Crippen LogP contribution is 2.05. The molecule has 1 aliphatic rings. The maximum Gasteiger partial charge on any atom is 0.326 e. The van der Waals surface area contributed by atoms with Crippen LogP contribution in [0.15, 0.2) is 0 Å². The number of carboxylic acid groups (broad SMARTS) is 1. The van der Waals surface area contributed by atoms with Gasteiger partial charge in [-0.2, -0.15) is 0 Å². The first-order valence-electron chi connectivity index (χ1n) is 6.58. The van der Waals surface area contributed by atoms with E-state index >= 15 is 0 Å². The van der Waals surface area contributed by atoms with Crippen molar-refractivity contribution in [2.24, 2.45) is 0 Å². The molecule has 0 spiro atoms. The van der Waals surface area contributed by atoms with Crippen molar-refractivity contribution in [3.8, 4) is 0 Å². The lowest BCUT2D eigenvalue weighted by Crippen LogP contribution is -2.48. The summed E-state index contributed by atoms with van der Waals surface area (Å²) >= 11 is 0. The number of carbonyl (C=O) groups excluding carboxylic acids is 2. The van der Waals surface area contributed by atoms with E-state index in [2.05, 4.69) is 16.0 Å². The molecular formula is C12H21N3O5. The van der Waals surface area contributed by atoms with Gasteiger partial charge < -0.3 is 25.8 Å². The number of urea groups is 1. The zero-order valence-corrected chi connectivity index (χ0v) is 11.5. The average Bonchev–Trinajstić information content (AvgIpc) is 2.81. The van der Waals surface area contributed by atoms with Crippen LogP contribution in [0.4, 0.5) is 4.79 Å². The Kier molecular flexibility index (Phi) is 6.78. The number of aliphatic carboxylic acids is 1. The van der Waals surface area contributed by atoms with Gasteiger partial charge in [-0.3, -0.25) is 4.79 Å². The number of hydrogen-bond donors (Lipinski definition) is 4. The molecular weight excluding hydrogens is 266 g/mol. The summed E-state index contributed by atoms with van der Waals surface area (Å²) < 4.78 is 4.84. The molecule has 0 aromatic carbocycles. The minimum atomic E-state index is -1.08. The predicted octanol–water partition coefficient (Wildman–Crippen LogP) is -0.556. The summed E-state index contributed by atoms with van der Waals surface area (Å²) in [5.74, 6) is -1.11. The average molecular weight is 287 g/mol. The minimum Gasteiger partial charge on any atom is -0.480 e. The van der Waals surface area contributed by atoms with Gasteiger partial charge in [-0.05, 0) is 19.3 Å². The molecule has 2 unspecified atom stereocenters. The van der Waals surface area contributed by atoms with Crippen molar-refractivity contribution in [3.05, 3.63) is 0 Å². The number of nitrogens with one attached hydrogen (secondary N) is 3. The quantitative estimate of drug-likeness (QED) is 0.447. The third-order valence-corrected chi connectivity index (χ3v) is 3.04. The summed E-state index contributed by atoms with van der Waals surface area (Å²) in [5.41, 5.74) is 0. The molecule has 0 aromatic rings. The van der Waals surface area contributed by atoms with Crippen LogP contribution in [0.5, 0.6) is 0 Å². The highest BCUT2D eigenvalue weighted by atomic mass is 16.5. The SMILES string of the molecule is COCCCC(NC(=O)NCC1CCC(=O)N1)C(=O)O. The number of amides is 3. The van der Waals surface area contributed by atoms with E-state index in [0.717, 1.165) is 0 Å². The normalized spacial score (nSPS) is 19.2. The Labute approximate surface area is 117 Å². The minimum absolute atomic E-state index is 0.0276. The van der Waals surface area contributed by atoms with Crippen molar-refractivity contribution in [1.29, 1.82) is 0 Å². The van der Waals surface area contributed by atoms with E-state index in [1.165, 1.54) is 7.11 Å². The zero-order chi connectivity index (χ0) is 15.0. The van der Waals surface area contributed by atoms with Gasteiger partial charge in [-0.25, -0.2) is 9.59 Å². The lowest BCUT2D eigenvalue weighted by Gasteiger charge is -2.16. The van der Waals surface area contributed by atoms with E-state index in [1.807, 2.05) is 0 Å². The summed E-state index contributed by atoms with van der Waals surface area (Å²) in [6.45, 7) is 0.739. The highest BCUT2D eigenvalue weighted by Gasteiger charge is 2.23. The summed E-state index contributed by atoms with van der Waals surface area (Å²) in [4.78, 5) is 33.6. The molecule has 2 atom stereocenters. The Hall–Kier alpha value is -1.83. The van der Waals surface area contributed by atoms with Crippen LogP contribution in [0.25, 0.3) is 0 Å². The standard InChI is InChI=1S/C12H21N3O5/c1-20-6-2-3-9(11(17)18)15-12(19)13-7-8-4-5-10(16)14-8/h8-9H,2-7H2,1H3,(H,14,16)(H,17,18)(H2,13,15,19). The Morgan fingerprint density at radius 1 is 1.55 bits per heavy atom. The van der Waals surface area contributed by atoms with Gasteiger partial charge in [0.1, 0.15) is 6.04 Å². The van der Waals surface area contributed by atoms with Crippen LogP contribution in [0, 0.1) is 0 Å². The Morgan fingerprint density at radius 3 is 2.85 bits per heavy atom. The van der Waals surface area contributed by atoms with E-state index in [-0.39, 0.29) is 11.9 Å². The van der Waals surface area contributed by atoms with Crippen LogP contribution >= 0.6 is 0 Å². The molecule has 1 aliphatic heterocycles. The molecule has 0 bridgehead atoms. The van der Waals surface area contributed by atoms with Crippen molar-refractivity contribution < 1.29 is 24.2 Å². The molecule has 0 saturated carbocycles. The van der Waals surface area contributed by atoms with E-state index in [0.29, 0.717) is 38.8 Å². The molecule has 114 valence electrons. The third-order valence-electron chi connectivity index (χ3n) is 3.04. The van der Waals surface area contributed by atoms with Crippen LogP contribution in [0.2, 0.25) is 0 Å². The molecule has 1 heterocycles. The van der Waals surface area contributed by atoms with Crippen LogP contribution in [-0.4, -0.2) is 55.4 Å². The van der Waals surface area contributed by atoms with Gasteiger partial charge in [-0.1, -0.05) is 0 Å². The molecule has 1 rings (SSSR count). The molecule has 8 heteroatoms. The number of methoxy groups -OCH3 is 1. The first kappa shape index (κ1) is 16.2. The second kappa shape index (κ2) is 8.36. The summed E-state index contributed by atoms with van der Waals surface area (Å²) in [5, 5.41) is 16.7. The molecule has 0 aliphatic carbocycles. The predicted molar refractivity (Wildman–Crippen MR) is 70.2 cm³/mol. The van der Waals surface area contributed by atoms with Crippen molar-refractivity contribution in [2.45, 2.75) is 37.8 Å². The Balaban J connectivity index is 2.26. The number of carbonyl (C=O) groups is 3. The first-order chi connectivity index (χ1) is 9.52. The number of rotatable bonds is 8. The van der Waals surface area contributed by atoms with Gasteiger partial charge in [0.15, 0.2) is 0 Å². The molecule has 0 radical (unpaired) electrons. The number of hydrogen-bond acceptors (Lipinski definition) is 4. The summed E-state index contributed by atoms with van der Waals surface area (Å²) in [6, 6.07) is -1.57. The highest BCUT2D eigenvalue weighted by molar-refractivity contribution is 5.82. The maximum absolute atomic E-state index is 11.6. The maximum atomic E-state index is 11.6. The van der Waals surface area contributed by atoms with Crippen LogP contribution in [0.1, 0.15) is 25.7 Å².